The minimum Gasteiger partial charge on any atom is -0.480 e. The van der Waals surface area contributed by atoms with Crippen molar-refractivity contribution >= 4 is 11.9 Å². The lowest BCUT2D eigenvalue weighted by atomic mass is 10.2. The Kier molecular flexibility index (Phi) is 4.28. The molecule has 0 fully saturated rings. The van der Waals surface area contributed by atoms with Crippen molar-refractivity contribution in [2.75, 3.05) is 6.61 Å². The number of carbonyl (C=O) groups is 2. The van der Waals surface area contributed by atoms with Crippen molar-refractivity contribution < 1.29 is 19.8 Å². The van der Waals surface area contributed by atoms with E-state index < -0.39 is 18.6 Å². The van der Waals surface area contributed by atoms with E-state index in [1.54, 1.807) is 13.8 Å². The molecule has 0 aliphatic carbocycles. The molecule has 3 N–H and O–H groups in total. The van der Waals surface area contributed by atoms with E-state index in [1.807, 2.05) is 0 Å². The van der Waals surface area contributed by atoms with Crippen LogP contribution in [0.25, 0.3) is 0 Å². The lowest BCUT2D eigenvalue weighted by molar-refractivity contribution is -0.143. The molecule has 12 heavy (non-hydrogen) atoms. The molecule has 0 saturated heterocycles. The predicted octanol–water partition coefficient (Wildman–Crippen LogP) is -0.796. The SMILES string of the molecule is CC(C)C(=O)N[C@H](CO)C(=O)O. The molecule has 0 aromatic rings. The fraction of sp³-hybridized carbons (Fsp3) is 0.714. The first-order valence-electron chi connectivity index (χ1n) is 3.63. The highest BCUT2D eigenvalue weighted by molar-refractivity contribution is 5.84. The van der Waals surface area contributed by atoms with E-state index in [0.29, 0.717) is 0 Å². The Morgan fingerprint density at radius 1 is 1.42 bits per heavy atom. The normalized spacial score (nSPS) is 12.7. The molecule has 1 atom stereocenters. The molecule has 5 nitrogen and oxygen atoms in total. The highest BCUT2D eigenvalue weighted by atomic mass is 16.4. The van der Waals surface area contributed by atoms with Gasteiger partial charge in [0, 0.05) is 5.92 Å². The van der Waals surface area contributed by atoms with Crippen molar-refractivity contribution in [1.82, 2.24) is 5.32 Å². The number of rotatable bonds is 4. The summed E-state index contributed by atoms with van der Waals surface area (Å²) < 4.78 is 0. The summed E-state index contributed by atoms with van der Waals surface area (Å²) in [6.07, 6.45) is 0. The Morgan fingerprint density at radius 2 is 1.92 bits per heavy atom. The van der Waals surface area contributed by atoms with Gasteiger partial charge < -0.3 is 15.5 Å². The summed E-state index contributed by atoms with van der Waals surface area (Å²) in [6.45, 7) is 2.70. The molecule has 70 valence electrons. The average Bonchev–Trinajstić information content (AvgIpc) is 1.98. The minimum atomic E-state index is -1.23. The molecule has 1 amide bonds. The number of carboxylic acid groups (broad SMARTS) is 1. The van der Waals surface area contributed by atoms with Gasteiger partial charge in [-0.1, -0.05) is 13.8 Å². The second-order valence-corrected chi connectivity index (χ2v) is 2.74. The summed E-state index contributed by atoms with van der Waals surface area (Å²) in [4.78, 5) is 21.2. The van der Waals surface area contributed by atoms with E-state index in [4.69, 9.17) is 10.2 Å². The van der Waals surface area contributed by atoms with E-state index in [0.717, 1.165) is 0 Å². The maximum atomic E-state index is 10.9. The zero-order valence-corrected chi connectivity index (χ0v) is 7.07. The molecule has 0 unspecified atom stereocenters. The van der Waals surface area contributed by atoms with Crippen molar-refractivity contribution in [3.05, 3.63) is 0 Å². The molecule has 0 aliphatic rings. The Morgan fingerprint density at radius 3 is 2.17 bits per heavy atom. The second kappa shape index (κ2) is 4.71. The Hall–Kier alpha value is -1.10. The lowest BCUT2D eigenvalue weighted by Crippen LogP contribution is -2.44. The standard InChI is InChI=1S/C7H13NO4/c1-4(2)6(10)8-5(3-9)7(11)12/h4-5,9H,3H2,1-2H3,(H,8,10)(H,11,12)/t5-/m1/s1. The van der Waals surface area contributed by atoms with Crippen LogP contribution in [0.5, 0.6) is 0 Å². The third-order valence-electron chi connectivity index (χ3n) is 1.32. The topological polar surface area (TPSA) is 86.6 Å². The average molecular weight is 175 g/mol. The van der Waals surface area contributed by atoms with Crippen LogP contribution in [0.2, 0.25) is 0 Å². The van der Waals surface area contributed by atoms with E-state index in [2.05, 4.69) is 5.32 Å². The van der Waals surface area contributed by atoms with Crippen molar-refractivity contribution in [2.24, 2.45) is 5.92 Å². The van der Waals surface area contributed by atoms with Crippen LogP contribution in [0.15, 0.2) is 0 Å². The first-order chi connectivity index (χ1) is 5.49. The van der Waals surface area contributed by atoms with Crippen molar-refractivity contribution in [3.8, 4) is 0 Å². The molecule has 0 spiro atoms. The van der Waals surface area contributed by atoms with Gasteiger partial charge in [-0.15, -0.1) is 0 Å². The Bertz CT molecular complexity index is 178. The van der Waals surface area contributed by atoms with Gasteiger partial charge in [-0.2, -0.15) is 0 Å². The molecule has 0 radical (unpaired) electrons. The summed E-state index contributed by atoms with van der Waals surface area (Å²) >= 11 is 0. The zero-order chi connectivity index (χ0) is 9.72. The van der Waals surface area contributed by atoms with Crippen LogP contribution in [0, 0.1) is 5.92 Å². The third kappa shape index (κ3) is 3.34. The van der Waals surface area contributed by atoms with Gasteiger partial charge in [0.2, 0.25) is 5.91 Å². The van der Waals surface area contributed by atoms with Gasteiger partial charge in [0.05, 0.1) is 6.61 Å². The van der Waals surface area contributed by atoms with E-state index in [9.17, 15) is 9.59 Å². The van der Waals surface area contributed by atoms with Crippen molar-refractivity contribution in [3.63, 3.8) is 0 Å². The summed E-state index contributed by atoms with van der Waals surface area (Å²) in [7, 11) is 0. The van der Waals surface area contributed by atoms with Gasteiger partial charge in [-0.3, -0.25) is 4.79 Å². The van der Waals surface area contributed by atoms with Crippen LogP contribution >= 0.6 is 0 Å². The van der Waals surface area contributed by atoms with Gasteiger partial charge in [0.25, 0.3) is 0 Å². The van der Waals surface area contributed by atoms with Gasteiger partial charge >= 0.3 is 5.97 Å². The summed E-state index contributed by atoms with van der Waals surface area (Å²) in [5, 5.41) is 19.1. The van der Waals surface area contributed by atoms with Crippen LogP contribution in [0.1, 0.15) is 13.8 Å². The molecule has 5 heteroatoms. The van der Waals surface area contributed by atoms with Gasteiger partial charge in [-0.05, 0) is 0 Å². The molecule has 0 aromatic carbocycles. The van der Waals surface area contributed by atoms with E-state index in [1.165, 1.54) is 0 Å². The maximum absolute atomic E-state index is 10.9. The summed E-state index contributed by atoms with van der Waals surface area (Å²) in [5.74, 6) is -1.89. The molecular formula is C7H13NO4. The molecule has 0 aliphatic heterocycles. The maximum Gasteiger partial charge on any atom is 0.328 e. The molecule has 0 rings (SSSR count). The number of hydrogen-bond donors (Lipinski definition) is 3. The second-order valence-electron chi connectivity index (χ2n) is 2.74. The molecule has 0 heterocycles. The first-order valence-corrected chi connectivity index (χ1v) is 3.63. The monoisotopic (exact) mass is 175 g/mol. The van der Waals surface area contributed by atoms with E-state index >= 15 is 0 Å². The lowest BCUT2D eigenvalue weighted by Gasteiger charge is -2.12. The van der Waals surface area contributed by atoms with Crippen LogP contribution in [-0.4, -0.2) is 34.7 Å². The predicted molar refractivity (Wildman–Crippen MR) is 41.5 cm³/mol. The largest absolute Gasteiger partial charge is 0.480 e. The fourth-order valence-electron chi connectivity index (χ4n) is 0.524. The number of carbonyl (C=O) groups excluding carboxylic acids is 1. The summed E-state index contributed by atoms with van der Waals surface area (Å²) in [6, 6.07) is -1.19. The van der Waals surface area contributed by atoms with Crippen LogP contribution in [-0.2, 0) is 9.59 Å². The van der Waals surface area contributed by atoms with Crippen LogP contribution in [0.4, 0.5) is 0 Å². The van der Waals surface area contributed by atoms with Gasteiger partial charge in [0.1, 0.15) is 6.04 Å². The molecular weight excluding hydrogens is 162 g/mol. The third-order valence-corrected chi connectivity index (χ3v) is 1.32. The van der Waals surface area contributed by atoms with E-state index in [-0.39, 0.29) is 11.8 Å². The Labute approximate surface area is 70.4 Å². The van der Waals surface area contributed by atoms with Crippen LogP contribution < -0.4 is 5.32 Å². The van der Waals surface area contributed by atoms with Gasteiger partial charge in [0.15, 0.2) is 0 Å². The number of carboxylic acids is 1. The zero-order valence-electron chi connectivity index (χ0n) is 7.07. The Balaban J connectivity index is 4.03. The minimum absolute atomic E-state index is 0.279. The van der Waals surface area contributed by atoms with Crippen molar-refractivity contribution in [2.45, 2.75) is 19.9 Å². The number of aliphatic carboxylic acids is 1. The highest BCUT2D eigenvalue weighted by Crippen LogP contribution is 1.92. The van der Waals surface area contributed by atoms with Crippen molar-refractivity contribution in [1.29, 1.82) is 0 Å². The number of aliphatic hydroxyl groups is 1. The number of aliphatic hydroxyl groups excluding tert-OH is 1. The number of hydrogen-bond acceptors (Lipinski definition) is 3. The molecule has 0 bridgehead atoms. The summed E-state index contributed by atoms with van der Waals surface area (Å²) in [5.41, 5.74) is 0. The smallest absolute Gasteiger partial charge is 0.328 e. The molecule has 0 saturated carbocycles. The number of amides is 1. The van der Waals surface area contributed by atoms with Gasteiger partial charge in [-0.25, -0.2) is 4.79 Å². The number of nitrogens with one attached hydrogen (secondary N) is 1. The fourth-order valence-corrected chi connectivity index (χ4v) is 0.524. The first kappa shape index (κ1) is 10.9. The highest BCUT2D eigenvalue weighted by Gasteiger charge is 2.19. The van der Waals surface area contributed by atoms with Crippen LogP contribution in [0.3, 0.4) is 0 Å². The quantitative estimate of drug-likeness (QED) is 0.522. The molecule has 0 aromatic heterocycles.